The maximum Gasteiger partial charge on any atom is 0.235 e. The topological polar surface area (TPSA) is 38.7 Å². The van der Waals surface area contributed by atoms with E-state index in [-0.39, 0.29) is 5.54 Å². The van der Waals surface area contributed by atoms with E-state index >= 15 is 0 Å². The zero-order valence-electron chi connectivity index (χ0n) is 10.4. The van der Waals surface area contributed by atoms with Crippen molar-refractivity contribution in [2.24, 2.45) is 4.99 Å². The summed E-state index contributed by atoms with van der Waals surface area (Å²) in [6.45, 7) is 1.63. The molecule has 2 aliphatic rings. The summed E-state index contributed by atoms with van der Waals surface area (Å²) in [5.41, 5.74) is 2.24. The van der Waals surface area contributed by atoms with Gasteiger partial charge < -0.3 is 4.74 Å². The molecule has 1 heterocycles. The molecule has 0 bridgehead atoms. The summed E-state index contributed by atoms with van der Waals surface area (Å²) in [5.74, 6) is 0.459. The van der Waals surface area contributed by atoms with Crippen molar-refractivity contribution < 1.29 is 9.53 Å². The minimum atomic E-state index is -0.291. The van der Waals surface area contributed by atoms with Crippen molar-refractivity contribution in [2.45, 2.75) is 37.1 Å². The van der Waals surface area contributed by atoms with Crippen LogP contribution in [-0.4, -0.2) is 19.3 Å². The number of nitrogens with zero attached hydrogens (tertiary/aromatic N) is 1. The smallest absolute Gasteiger partial charge is 0.235 e. The highest BCUT2D eigenvalue weighted by Gasteiger charge is 2.41. The predicted octanol–water partition coefficient (Wildman–Crippen LogP) is 2.91. The van der Waals surface area contributed by atoms with Crippen molar-refractivity contribution in [3.05, 3.63) is 35.4 Å². The van der Waals surface area contributed by atoms with Gasteiger partial charge in [0.15, 0.2) is 0 Å². The number of rotatable bonds is 3. The van der Waals surface area contributed by atoms with Gasteiger partial charge in [0.1, 0.15) is 0 Å². The van der Waals surface area contributed by atoms with Crippen LogP contribution in [0.4, 0.5) is 0 Å². The number of ether oxygens (including phenoxy) is 1. The monoisotopic (exact) mass is 243 g/mol. The van der Waals surface area contributed by atoms with E-state index in [0.717, 1.165) is 38.9 Å². The number of benzene rings is 1. The molecule has 1 aliphatic heterocycles. The Labute approximate surface area is 107 Å². The van der Waals surface area contributed by atoms with Crippen LogP contribution in [0.3, 0.4) is 0 Å². The van der Waals surface area contributed by atoms with E-state index < -0.39 is 0 Å². The molecular formula is C15H17NO2. The van der Waals surface area contributed by atoms with E-state index in [1.807, 2.05) is 6.07 Å². The first-order chi connectivity index (χ1) is 8.86. The molecule has 1 unspecified atom stereocenters. The average Bonchev–Trinajstić information content (AvgIpc) is 2.88. The molecule has 3 heteroatoms. The molecule has 1 aromatic rings. The van der Waals surface area contributed by atoms with Gasteiger partial charge in [-0.3, -0.25) is 0 Å². The average molecular weight is 243 g/mol. The Morgan fingerprint density at radius 3 is 2.78 bits per heavy atom. The fourth-order valence-electron chi connectivity index (χ4n) is 3.10. The molecule has 1 saturated carbocycles. The molecule has 1 saturated heterocycles. The molecular weight excluding hydrogens is 226 g/mol. The molecule has 3 rings (SSSR count). The highest BCUT2D eigenvalue weighted by atomic mass is 16.5. The lowest BCUT2D eigenvalue weighted by Gasteiger charge is -2.39. The number of carbonyl (C=O) groups excluding carboxylic acids is 1. The van der Waals surface area contributed by atoms with Crippen LogP contribution in [0.1, 0.15) is 42.7 Å². The standard InChI is InChI=1S/C15H17NO2/c17-11-16-15(7-3-8-15)14-5-2-1-4-13(14)12-6-9-18-10-12/h1-2,4-5,12H,3,6-10H2. The van der Waals surface area contributed by atoms with Crippen LogP contribution in [0, 0.1) is 0 Å². The van der Waals surface area contributed by atoms with Crippen molar-refractivity contribution in [3.8, 4) is 0 Å². The van der Waals surface area contributed by atoms with Crippen LogP contribution in [0.5, 0.6) is 0 Å². The molecule has 0 N–H and O–H groups in total. The van der Waals surface area contributed by atoms with Gasteiger partial charge in [0.2, 0.25) is 6.08 Å². The van der Waals surface area contributed by atoms with Crippen molar-refractivity contribution in [2.75, 3.05) is 13.2 Å². The molecule has 1 atom stereocenters. The Hall–Kier alpha value is -1.44. The van der Waals surface area contributed by atoms with E-state index in [0.29, 0.717) is 5.92 Å². The lowest BCUT2D eigenvalue weighted by atomic mass is 9.69. The summed E-state index contributed by atoms with van der Waals surface area (Å²) in [5, 5.41) is 0. The Kier molecular flexibility index (Phi) is 3.02. The molecule has 1 aliphatic carbocycles. The minimum absolute atomic E-state index is 0.291. The number of hydrogen-bond acceptors (Lipinski definition) is 3. The highest BCUT2D eigenvalue weighted by Crippen LogP contribution is 2.47. The SMILES string of the molecule is O=C=NC1(c2ccccc2C2CCOC2)CCC1. The van der Waals surface area contributed by atoms with Gasteiger partial charge in [0, 0.05) is 12.5 Å². The largest absolute Gasteiger partial charge is 0.381 e. The van der Waals surface area contributed by atoms with Crippen molar-refractivity contribution in [1.29, 1.82) is 0 Å². The quantitative estimate of drug-likeness (QED) is 0.604. The third kappa shape index (κ3) is 1.80. The summed E-state index contributed by atoms with van der Waals surface area (Å²) in [6, 6.07) is 8.38. The second-order valence-corrected chi connectivity index (χ2v) is 5.24. The van der Waals surface area contributed by atoms with Gasteiger partial charge in [-0.2, -0.15) is 4.99 Å². The number of hydrogen-bond donors (Lipinski definition) is 0. The minimum Gasteiger partial charge on any atom is -0.381 e. The second-order valence-electron chi connectivity index (χ2n) is 5.24. The lowest BCUT2D eigenvalue weighted by Crippen LogP contribution is -2.33. The first-order valence-corrected chi connectivity index (χ1v) is 6.62. The maximum atomic E-state index is 10.7. The number of isocyanates is 1. The van der Waals surface area contributed by atoms with Gasteiger partial charge in [-0.05, 0) is 36.8 Å². The summed E-state index contributed by atoms with van der Waals surface area (Å²) < 4.78 is 5.48. The normalized spacial score (nSPS) is 25.2. The molecule has 0 spiro atoms. The fourth-order valence-corrected chi connectivity index (χ4v) is 3.10. The summed E-state index contributed by atoms with van der Waals surface area (Å²) in [4.78, 5) is 14.8. The first kappa shape index (κ1) is 11.6. The molecule has 2 fully saturated rings. The Morgan fingerprint density at radius 1 is 1.33 bits per heavy atom. The van der Waals surface area contributed by atoms with Gasteiger partial charge in [-0.25, -0.2) is 4.79 Å². The van der Waals surface area contributed by atoms with Gasteiger partial charge >= 0.3 is 0 Å². The third-order valence-electron chi connectivity index (χ3n) is 4.27. The van der Waals surface area contributed by atoms with Crippen molar-refractivity contribution in [3.63, 3.8) is 0 Å². The van der Waals surface area contributed by atoms with Gasteiger partial charge in [0.25, 0.3) is 0 Å². The summed E-state index contributed by atoms with van der Waals surface area (Å²) >= 11 is 0. The summed E-state index contributed by atoms with van der Waals surface area (Å²) in [6.07, 6.45) is 5.91. The molecule has 0 radical (unpaired) electrons. The number of aliphatic imine (C=N–C) groups is 1. The van der Waals surface area contributed by atoms with Crippen molar-refractivity contribution in [1.82, 2.24) is 0 Å². The van der Waals surface area contributed by atoms with Crippen LogP contribution < -0.4 is 0 Å². The zero-order chi connectivity index (χ0) is 12.4. The first-order valence-electron chi connectivity index (χ1n) is 6.62. The zero-order valence-corrected chi connectivity index (χ0v) is 10.4. The van der Waals surface area contributed by atoms with Crippen LogP contribution in [0.25, 0.3) is 0 Å². The van der Waals surface area contributed by atoms with Crippen LogP contribution in [0.2, 0.25) is 0 Å². The Morgan fingerprint density at radius 2 is 2.17 bits per heavy atom. The second kappa shape index (κ2) is 4.68. The van der Waals surface area contributed by atoms with E-state index in [2.05, 4.69) is 23.2 Å². The highest BCUT2D eigenvalue weighted by molar-refractivity contribution is 5.43. The van der Waals surface area contributed by atoms with Crippen LogP contribution >= 0.6 is 0 Å². The third-order valence-corrected chi connectivity index (χ3v) is 4.27. The van der Waals surface area contributed by atoms with Gasteiger partial charge in [-0.15, -0.1) is 0 Å². The summed E-state index contributed by atoms with van der Waals surface area (Å²) in [7, 11) is 0. The maximum absolute atomic E-state index is 10.7. The molecule has 1 aromatic carbocycles. The van der Waals surface area contributed by atoms with Crippen LogP contribution in [0.15, 0.2) is 29.3 Å². The van der Waals surface area contributed by atoms with E-state index in [1.165, 1.54) is 11.1 Å². The Bertz CT molecular complexity index is 481. The molecule has 18 heavy (non-hydrogen) atoms. The van der Waals surface area contributed by atoms with Gasteiger partial charge in [-0.1, -0.05) is 24.3 Å². The fraction of sp³-hybridized carbons (Fsp3) is 0.533. The molecule has 3 nitrogen and oxygen atoms in total. The molecule has 94 valence electrons. The van der Waals surface area contributed by atoms with Gasteiger partial charge in [0.05, 0.1) is 12.1 Å². The lowest BCUT2D eigenvalue weighted by molar-refractivity contribution is 0.193. The van der Waals surface area contributed by atoms with Crippen LogP contribution in [-0.2, 0) is 15.1 Å². The van der Waals surface area contributed by atoms with E-state index in [4.69, 9.17) is 4.74 Å². The van der Waals surface area contributed by atoms with E-state index in [9.17, 15) is 4.79 Å². The van der Waals surface area contributed by atoms with E-state index in [1.54, 1.807) is 6.08 Å². The Balaban J connectivity index is 2.02. The molecule has 0 amide bonds. The predicted molar refractivity (Wildman–Crippen MR) is 68.3 cm³/mol. The molecule has 0 aromatic heterocycles. The van der Waals surface area contributed by atoms with Crippen molar-refractivity contribution >= 4 is 6.08 Å².